The summed E-state index contributed by atoms with van der Waals surface area (Å²) in [5, 5.41) is 4.43. The number of amides is 1. The standard InChI is InChI=1S/C22H19ClN2O2S/c1-14(20-11-15-7-3-6-10-19(15)27-20)25(2)21(26)12-16-13-28-22(24-16)17-8-4-5-9-18(17)23/h3-11,13-14H,12H2,1-2H3. The first kappa shape index (κ1) is 18.7. The van der Waals surface area contributed by atoms with Crippen LogP contribution in [0.15, 0.2) is 64.4 Å². The Morgan fingerprint density at radius 1 is 1.21 bits per heavy atom. The molecule has 0 saturated heterocycles. The van der Waals surface area contributed by atoms with Crippen molar-refractivity contribution in [2.45, 2.75) is 19.4 Å². The number of fused-ring (bicyclic) bond motifs is 1. The summed E-state index contributed by atoms with van der Waals surface area (Å²) in [4.78, 5) is 19.1. The second kappa shape index (κ2) is 7.78. The van der Waals surface area contributed by atoms with Gasteiger partial charge >= 0.3 is 0 Å². The Balaban J connectivity index is 1.48. The molecule has 0 N–H and O–H groups in total. The number of para-hydroxylation sites is 1. The smallest absolute Gasteiger partial charge is 0.228 e. The molecule has 142 valence electrons. The van der Waals surface area contributed by atoms with Crippen LogP contribution >= 0.6 is 22.9 Å². The minimum Gasteiger partial charge on any atom is -0.459 e. The maximum atomic E-state index is 12.8. The number of nitrogens with zero attached hydrogens (tertiary/aromatic N) is 2. The first-order chi connectivity index (χ1) is 13.5. The lowest BCUT2D eigenvalue weighted by Crippen LogP contribution is -2.30. The van der Waals surface area contributed by atoms with Crippen molar-refractivity contribution in [2.75, 3.05) is 7.05 Å². The van der Waals surface area contributed by atoms with Gasteiger partial charge in [-0.25, -0.2) is 4.98 Å². The Bertz CT molecular complexity index is 1100. The molecule has 0 aliphatic carbocycles. The van der Waals surface area contributed by atoms with Crippen LogP contribution < -0.4 is 0 Å². The number of furan rings is 1. The third-order valence-electron chi connectivity index (χ3n) is 4.82. The number of carbonyl (C=O) groups is 1. The van der Waals surface area contributed by atoms with Gasteiger partial charge in [-0.05, 0) is 25.1 Å². The molecule has 0 aliphatic rings. The molecule has 0 radical (unpaired) electrons. The zero-order valence-electron chi connectivity index (χ0n) is 15.6. The second-order valence-electron chi connectivity index (χ2n) is 6.67. The third kappa shape index (κ3) is 3.68. The molecule has 4 aromatic rings. The molecule has 4 nitrogen and oxygen atoms in total. The van der Waals surface area contributed by atoms with Crippen LogP contribution in [0.1, 0.15) is 24.4 Å². The van der Waals surface area contributed by atoms with Crippen molar-refractivity contribution in [2.24, 2.45) is 0 Å². The van der Waals surface area contributed by atoms with E-state index in [1.807, 2.05) is 66.9 Å². The number of thiazole rings is 1. The van der Waals surface area contributed by atoms with Crippen LogP contribution in [0.25, 0.3) is 21.5 Å². The van der Waals surface area contributed by atoms with Crippen LogP contribution in [0.5, 0.6) is 0 Å². The summed E-state index contributed by atoms with van der Waals surface area (Å²) < 4.78 is 5.90. The fraction of sp³-hybridized carbons (Fsp3) is 0.182. The van der Waals surface area contributed by atoms with E-state index >= 15 is 0 Å². The van der Waals surface area contributed by atoms with Crippen LogP contribution in [0.3, 0.4) is 0 Å². The number of benzene rings is 2. The molecule has 4 rings (SSSR count). The van der Waals surface area contributed by atoms with E-state index in [9.17, 15) is 4.79 Å². The highest BCUT2D eigenvalue weighted by atomic mass is 35.5. The lowest BCUT2D eigenvalue weighted by atomic mass is 10.2. The molecule has 0 bridgehead atoms. The topological polar surface area (TPSA) is 46.3 Å². The van der Waals surface area contributed by atoms with Crippen molar-refractivity contribution < 1.29 is 9.21 Å². The fourth-order valence-corrected chi connectivity index (χ4v) is 4.18. The first-order valence-corrected chi connectivity index (χ1v) is 10.2. The highest BCUT2D eigenvalue weighted by Gasteiger charge is 2.22. The molecule has 1 atom stereocenters. The predicted molar refractivity (Wildman–Crippen MR) is 114 cm³/mol. The molecular weight excluding hydrogens is 392 g/mol. The summed E-state index contributed by atoms with van der Waals surface area (Å²) in [6.45, 7) is 1.96. The normalized spacial score (nSPS) is 12.2. The SMILES string of the molecule is CC(c1cc2ccccc2o1)N(C)C(=O)Cc1csc(-c2ccccc2Cl)n1. The van der Waals surface area contributed by atoms with Crippen molar-refractivity contribution in [3.8, 4) is 10.6 Å². The molecular formula is C22H19ClN2O2S. The summed E-state index contributed by atoms with van der Waals surface area (Å²) in [7, 11) is 1.79. The van der Waals surface area contributed by atoms with Gasteiger partial charge in [0.15, 0.2) is 0 Å². The van der Waals surface area contributed by atoms with Gasteiger partial charge in [0.2, 0.25) is 5.91 Å². The Morgan fingerprint density at radius 3 is 2.75 bits per heavy atom. The summed E-state index contributed by atoms with van der Waals surface area (Å²) in [5.74, 6) is 0.760. The molecule has 0 fully saturated rings. The number of hydrogen-bond donors (Lipinski definition) is 0. The summed E-state index contributed by atoms with van der Waals surface area (Å²) in [5.41, 5.74) is 2.46. The number of halogens is 1. The minimum absolute atomic E-state index is 0.0102. The lowest BCUT2D eigenvalue weighted by molar-refractivity contribution is -0.131. The summed E-state index contributed by atoms with van der Waals surface area (Å²) in [6, 6.07) is 17.3. The van der Waals surface area contributed by atoms with Crippen LogP contribution in [0.4, 0.5) is 0 Å². The van der Waals surface area contributed by atoms with Gasteiger partial charge in [0, 0.05) is 23.4 Å². The van der Waals surface area contributed by atoms with E-state index in [1.54, 1.807) is 11.9 Å². The minimum atomic E-state index is -0.165. The van der Waals surface area contributed by atoms with E-state index in [0.29, 0.717) is 5.02 Å². The van der Waals surface area contributed by atoms with E-state index in [0.717, 1.165) is 33.0 Å². The number of hydrogen-bond acceptors (Lipinski definition) is 4. The fourth-order valence-electron chi connectivity index (χ4n) is 3.04. The molecule has 1 unspecified atom stereocenters. The number of likely N-dealkylation sites (N-methyl/N-ethyl adjacent to an activating group) is 1. The first-order valence-electron chi connectivity index (χ1n) is 8.96. The van der Waals surface area contributed by atoms with Crippen LogP contribution in [-0.4, -0.2) is 22.8 Å². The second-order valence-corrected chi connectivity index (χ2v) is 7.93. The zero-order valence-corrected chi connectivity index (χ0v) is 17.1. The van der Waals surface area contributed by atoms with Crippen molar-refractivity contribution in [3.05, 3.63) is 76.5 Å². The van der Waals surface area contributed by atoms with E-state index in [2.05, 4.69) is 4.98 Å². The lowest BCUT2D eigenvalue weighted by Gasteiger charge is -2.23. The van der Waals surface area contributed by atoms with E-state index in [-0.39, 0.29) is 18.4 Å². The van der Waals surface area contributed by atoms with Crippen molar-refractivity contribution in [1.29, 1.82) is 0 Å². The van der Waals surface area contributed by atoms with Gasteiger partial charge in [-0.15, -0.1) is 11.3 Å². The predicted octanol–water partition coefficient (Wildman–Crippen LogP) is 5.97. The molecule has 1 amide bonds. The Morgan fingerprint density at radius 2 is 1.96 bits per heavy atom. The summed E-state index contributed by atoms with van der Waals surface area (Å²) in [6.07, 6.45) is 0.238. The molecule has 0 spiro atoms. The number of aromatic nitrogens is 1. The molecule has 6 heteroatoms. The quantitative estimate of drug-likeness (QED) is 0.407. The van der Waals surface area contributed by atoms with Crippen LogP contribution in [-0.2, 0) is 11.2 Å². The Labute approximate surface area is 172 Å². The maximum Gasteiger partial charge on any atom is 0.228 e. The van der Waals surface area contributed by atoms with Crippen molar-refractivity contribution in [1.82, 2.24) is 9.88 Å². The van der Waals surface area contributed by atoms with Gasteiger partial charge in [-0.2, -0.15) is 0 Å². The Kier molecular flexibility index (Phi) is 5.20. The molecule has 28 heavy (non-hydrogen) atoms. The van der Waals surface area contributed by atoms with E-state index in [1.165, 1.54) is 11.3 Å². The zero-order chi connectivity index (χ0) is 19.7. The largest absolute Gasteiger partial charge is 0.459 e. The summed E-state index contributed by atoms with van der Waals surface area (Å²) >= 11 is 7.74. The molecule has 2 aromatic heterocycles. The van der Waals surface area contributed by atoms with E-state index < -0.39 is 0 Å². The van der Waals surface area contributed by atoms with E-state index in [4.69, 9.17) is 16.0 Å². The molecule has 0 saturated carbocycles. The van der Waals surface area contributed by atoms with Crippen LogP contribution in [0.2, 0.25) is 5.02 Å². The monoisotopic (exact) mass is 410 g/mol. The van der Waals surface area contributed by atoms with Gasteiger partial charge in [-0.1, -0.05) is 48.0 Å². The van der Waals surface area contributed by atoms with Gasteiger partial charge in [0.05, 0.1) is 23.2 Å². The molecule has 2 aromatic carbocycles. The van der Waals surface area contributed by atoms with Crippen LogP contribution in [0, 0.1) is 0 Å². The maximum absolute atomic E-state index is 12.8. The number of carbonyl (C=O) groups excluding carboxylic acids is 1. The molecule has 2 heterocycles. The van der Waals surface area contributed by atoms with Gasteiger partial charge in [0.25, 0.3) is 0 Å². The highest BCUT2D eigenvalue weighted by molar-refractivity contribution is 7.13. The average Bonchev–Trinajstić information content (AvgIpc) is 3.34. The highest BCUT2D eigenvalue weighted by Crippen LogP contribution is 2.31. The number of rotatable bonds is 5. The van der Waals surface area contributed by atoms with Gasteiger partial charge < -0.3 is 9.32 Å². The van der Waals surface area contributed by atoms with Crippen molar-refractivity contribution >= 4 is 39.8 Å². The molecule has 0 aliphatic heterocycles. The average molecular weight is 411 g/mol. The Hall–Kier alpha value is -2.63. The van der Waals surface area contributed by atoms with Gasteiger partial charge in [0.1, 0.15) is 16.4 Å². The third-order valence-corrected chi connectivity index (χ3v) is 6.07. The van der Waals surface area contributed by atoms with Crippen molar-refractivity contribution in [3.63, 3.8) is 0 Å². The van der Waals surface area contributed by atoms with Gasteiger partial charge in [-0.3, -0.25) is 4.79 Å².